The lowest BCUT2D eigenvalue weighted by Crippen LogP contribution is -2.19. The van der Waals surface area contributed by atoms with E-state index in [0.717, 1.165) is 31.4 Å². The van der Waals surface area contributed by atoms with Crippen molar-refractivity contribution in [3.8, 4) is 5.75 Å². The Morgan fingerprint density at radius 1 is 1.53 bits per heavy atom. The molecule has 1 aromatic carbocycles. The Kier molecular flexibility index (Phi) is 4.80. The fourth-order valence-electron chi connectivity index (χ4n) is 2.53. The molecule has 0 saturated heterocycles. The fraction of sp³-hybridized carbons (Fsp3) is 0.533. The van der Waals surface area contributed by atoms with Gasteiger partial charge in [0, 0.05) is 19.5 Å². The second kappa shape index (κ2) is 6.57. The molecule has 1 unspecified atom stereocenters. The topological polar surface area (TPSA) is 64.3 Å². The lowest BCUT2D eigenvalue weighted by molar-refractivity contribution is -0.120. The first-order valence-electron chi connectivity index (χ1n) is 6.93. The highest BCUT2D eigenvalue weighted by Gasteiger charge is 2.19. The Morgan fingerprint density at radius 2 is 2.37 bits per heavy atom. The molecule has 2 rings (SSSR count). The third-order valence-corrected chi connectivity index (χ3v) is 3.60. The van der Waals surface area contributed by atoms with E-state index in [1.807, 2.05) is 12.1 Å². The molecular formula is C15H22N2O2. The van der Waals surface area contributed by atoms with Crippen molar-refractivity contribution in [2.24, 2.45) is 5.73 Å². The molecule has 1 aliphatic rings. The van der Waals surface area contributed by atoms with Crippen molar-refractivity contribution in [1.29, 1.82) is 0 Å². The molecule has 1 atom stereocenters. The van der Waals surface area contributed by atoms with Gasteiger partial charge in [-0.05, 0) is 42.9 Å². The van der Waals surface area contributed by atoms with Crippen LogP contribution >= 0.6 is 0 Å². The summed E-state index contributed by atoms with van der Waals surface area (Å²) in [5.74, 6) is 0.991. The van der Waals surface area contributed by atoms with Gasteiger partial charge in [-0.25, -0.2) is 0 Å². The number of carbonyl (C=O) groups is 1. The van der Waals surface area contributed by atoms with Gasteiger partial charge in [0.15, 0.2) is 0 Å². The van der Waals surface area contributed by atoms with Crippen LogP contribution in [0, 0.1) is 0 Å². The predicted octanol–water partition coefficient (Wildman–Crippen LogP) is 1.93. The minimum absolute atomic E-state index is 0.0562. The third kappa shape index (κ3) is 3.47. The van der Waals surface area contributed by atoms with Crippen LogP contribution in [0.25, 0.3) is 0 Å². The van der Waals surface area contributed by atoms with Crippen LogP contribution in [0.5, 0.6) is 5.75 Å². The highest BCUT2D eigenvalue weighted by molar-refractivity contribution is 5.75. The number of fused-ring (bicyclic) bond motifs is 1. The van der Waals surface area contributed by atoms with Crippen molar-refractivity contribution in [1.82, 2.24) is 5.32 Å². The summed E-state index contributed by atoms with van der Waals surface area (Å²) in [4.78, 5) is 11.1. The van der Waals surface area contributed by atoms with Crippen LogP contribution in [0.15, 0.2) is 18.2 Å². The first-order valence-corrected chi connectivity index (χ1v) is 6.93. The van der Waals surface area contributed by atoms with Crippen LogP contribution in [-0.2, 0) is 11.2 Å². The molecule has 19 heavy (non-hydrogen) atoms. The molecular weight excluding hydrogens is 240 g/mol. The molecule has 1 amide bonds. The van der Waals surface area contributed by atoms with E-state index >= 15 is 0 Å². The van der Waals surface area contributed by atoms with Crippen molar-refractivity contribution < 1.29 is 9.53 Å². The first-order chi connectivity index (χ1) is 9.22. The summed E-state index contributed by atoms with van der Waals surface area (Å²) in [7, 11) is 1.65. The zero-order valence-corrected chi connectivity index (χ0v) is 11.4. The van der Waals surface area contributed by atoms with Gasteiger partial charge in [-0.15, -0.1) is 0 Å². The van der Waals surface area contributed by atoms with Crippen LogP contribution in [0.4, 0.5) is 0 Å². The number of nitrogens with two attached hydrogens (primary N) is 1. The number of nitrogens with one attached hydrogen (secondary N) is 1. The molecule has 0 fully saturated rings. The number of hydrogen-bond donors (Lipinski definition) is 2. The van der Waals surface area contributed by atoms with E-state index < -0.39 is 0 Å². The minimum Gasteiger partial charge on any atom is -0.493 e. The van der Waals surface area contributed by atoms with Gasteiger partial charge in [-0.1, -0.05) is 12.1 Å². The number of benzene rings is 1. The summed E-state index contributed by atoms with van der Waals surface area (Å²) in [6.45, 7) is 0.569. The molecule has 0 saturated carbocycles. The summed E-state index contributed by atoms with van der Waals surface area (Å²) >= 11 is 0. The average molecular weight is 262 g/mol. The second-order valence-corrected chi connectivity index (χ2v) is 4.95. The van der Waals surface area contributed by atoms with Crippen molar-refractivity contribution in [3.63, 3.8) is 0 Å². The van der Waals surface area contributed by atoms with E-state index in [-0.39, 0.29) is 11.9 Å². The standard InChI is InChI=1S/C15H22N2O2/c1-17-15(18)9-4-10-19-14-8-3-5-11-12(14)6-2-7-13(11)16/h3,5,8,13H,2,4,6-7,9-10,16H2,1H3,(H,17,18). The maximum absolute atomic E-state index is 11.1. The molecule has 104 valence electrons. The van der Waals surface area contributed by atoms with Crippen molar-refractivity contribution in [2.75, 3.05) is 13.7 Å². The highest BCUT2D eigenvalue weighted by atomic mass is 16.5. The van der Waals surface area contributed by atoms with Gasteiger partial charge < -0.3 is 15.8 Å². The number of rotatable bonds is 5. The van der Waals surface area contributed by atoms with Crippen molar-refractivity contribution >= 4 is 5.91 Å². The summed E-state index contributed by atoms with van der Waals surface area (Å²) in [5, 5.41) is 2.61. The lowest BCUT2D eigenvalue weighted by Gasteiger charge is -2.24. The summed E-state index contributed by atoms with van der Waals surface area (Å²) < 4.78 is 5.81. The highest BCUT2D eigenvalue weighted by Crippen LogP contribution is 2.34. The SMILES string of the molecule is CNC(=O)CCCOc1cccc2c1CCCC2N. The fourth-order valence-corrected chi connectivity index (χ4v) is 2.53. The zero-order valence-electron chi connectivity index (χ0n) is 11.4. The Balaban J connectivity index is 1.94. The molecule has 0 aliphatic heterocycles. The smallest absolute Gasteiger partial charge is 0.219 e. The van der Waals surface area contributed by atoms with Gasteiger partial charge in [0.1, 0.15) is 5.75 Å². The van der Waals surface area contributed by atoms with E-state index in [1.165, 1.54) is 11.1 Å². The monoisotopic (exact) mass is 262 g/mol. The maximum atomic E-state index is 11.1. The number of ether oxygens (including phenoxy) is 1. The molecule has 1 aliphatic carbocycles. The number of amides is 1. The van der Waals surface area contributed by atoms with E-state index in [1.54, 1.807) is 7.05 Å². The van der Waals surface area contributed by atoms with Crippen LogP contribution in [0.3, 0.4) is 0 Å². The first kappa shape index (κ1) is 13.9. The number of hydrogen-bond acceptors (Lipinski definition) is 3. The van der Waals surface area contributed by atoms with Crippen LogP contribution in [0.2, 0.25) is 0 Å². The Morgan fingerprint density at radius 3 is 3.16 bits per heavy atom. The Labute approximate surface area is 114 Å². The molecule has 4 nitrogen and oxygen atoms in total. The molecule has 0 aromatic heterocycles. The quantitative estimate of drug-likeness (QED) is 0.797. The van der Waals surface area contributed by atoms with E-state index in [2.05, 4.69) is 11.4 Å². The molecule has 0 spiro atoms. The van der Waals surface area contributed by atoms with Crippen molar-refractivity contribution in [3.05, 3.63) is 29.3 Å². The Bertz CT molecular complexity index is 446. The minimum atomic E-state index is 0.0562. The van der Waals surface area contributed by atoms with Gasteiger partial charge in [-0.2, -0.15) is 0 Å². The van der Waals surface area contributed by atoms with Gasteiger partial charge in [0.25, 0.3) is 0 Å². The summed E-state index contributed by atoms with van der Waals surface area (Å²) in [6, 6.07) is 6.23. The molecule has 0 radical (unpaired) electrons. The third-order valence-electron chi connectivity index (χ3n) is 3.60. The zero-order chi connectivity index (χ0) is 13.7. The van der Waals surface area contributed by atoms with E-state index in [4.69, 9.17) is 10.5 Å². The van der Waals surface area contributed by atoms with Gasteiger partial charge >= 0.3 is 0 Å². The predicted molar refractivity (Wildman–Crippen MR) is 75.1 cm³/mol. The lowest BCUT2D eigenvalue weighted by atomic mass is 9.87. The molecule has 0 heterocycles. The van der Waals surface area contributed by atoms with E-state index in [0.29, 0.717) is 13.0 Å². The van der Waals surface area contributed by atoms with Gasteiger partial charge in [0.2, 0.25) is 5.91 Å². The Hall–Kier alpha value is -1.55. The van der Waals surface area contributed by atoms with Crippen LogP contribution < -0.4 is 15.8 Å². The normalized spacial score (nSPS) is 17.7. The number of carbonyl (C=O) groups excluding carboxylic acids is 1. The van der Waals surface area contributed by atoms with Crippen molar-refractivity contribution in [2.45, 2.75) is 38.1 Å². The molecule has 1 aromatic rings. The maximum Gasteiger partial charge on any atom is 0.219 e. The van der Waals surface area contributed by atoms with E-state index in [9.17, 15) is 4.79 Å². The average Bonchev–Trinajstić information content (AvgIpc) is 2.44. The second-order valence-electron chi connectivity index (χ2n) is 4.95. The van der Waals surface area contributed by atoms with Crippen LogP contribution in [-0.4, -0.2) is 19.6 Å². The molecule has 3 N–H and O–H groups in total. The van der Waals surface area contributed by atoms with Gasteiger partial charge in [-0.3, -0.25) is 4.79 Å². The van der Waals surface area contributed by atoms with Crippen LogP contribution in [0.1, 0.15) is 42.9 Å². The van der Waals surface area contributed by atoms with Gasteiger partial charge in [0.05, 0.1) is 6.61 Å². The largest absolute Gasteiger partial charge is 0.493 e. The summed E-state index contributed by atoms with van der Waals surface area (Å²) in [6.07, 6.45) is 4.44. The molecule has 0 bridgehead atoms. The summed E-state index contributed by atoms with van der Waals surface area (Å²) in [5.41, 5.74) is 8.59. The molecule has 4 heteroatoms.